The topological polar surface area (TPSA) is 63.0 Å². The molecule has 0 saturated heterocycles. The van der Waals surface area contributed by atoms with Gasteiger partial charge in [0.05, 0.1) is 17.6 Å². The number of alkyl halides is 6. The molecule has 3 heterocycles. The summed E-state index contributed by atoms with van der Waals surface area (Å²) in [6.45, 7) is 6.10. The summed E-state index contributed by atoms with van der Waals surface area (Å²) in [6, 6.07) is 22.5. The fourth-order valence-corrected chi connectivity index (χ4v) is 13.3. The van der Waals surface area contributed by atoms with Gasteiger partial charge < -0.3 is 14.2 Å². The van der Waals surface area contributed by atoms with E-state index in [-0.39, 0.29) is 10.7 Å². The van der Waals surface area contributed by atoms with E-state index in [4.69, 9.17) is 16.0 Å². The predicted octanol–water partition coefficient (Wildman–Crippen LogP) is 8.82. The number of aromatic nitrogens is 3. The van der Waals surface area contributed by atoms with Gasteiger partial charge in [0, 0.05) is 31.3 Å². The van der Waals surface area contributed by atoms with Crippen LogP contribution >= 0.6 is 11.6 Å². The monoisotopic (exact) mass is 799 g/mol. The van der Waals surface area contributed by atoms with Crippen molar-refractivity contribution in [1.82, 2.24) is 19.5 Å². The lowest BCUT2D eigenvalue weighted by molar-refractivity contribution is -0.289. The molecule has 1 aliphatic heterocycles. The minimum Gasteiger partial charge on any atom is -0.393 e. The summed E-state index contributed by atoms with van der Waals surface area (Å²) >= 11 is 6.10. The first-order valence-corrected chi connectivity index (χ1v) is 20.3. The van der Waals surface area contributed by atoms with Crippen LogP contribution in [0, 0.1) is 5.92 Å². The van der Waals surface area contributed by atoms with Crippen LogP contribution in [0.15, 0.2) is 97.2 Å². The molecule has 55 heavy (non-hydrogen) atoms. The third-order valence-corrected chi connectivity index (χ3v) is 16.3. The Hall–Kier alpha value is -4.40. The molecule has 0 radical (unpaired) electrons. The van der Waals surface area contributed by atoms with E-state index >= 15 is 13.2 Å². The molecule has 1 fully saturated rings. The smallest absolute Gasteiger partial charge is 0.393 e. The first-order chi connectivity index (χ1) is 25.9. The van der Waals surface area contributed by atoms with E-state index in [0.717, 1.165) is 24.8 Å². The van der Waals surface area contributed by atoms with E-state index in [1.807, 2.05) is 25.7 Å². The maximum atomic E-state index is 15.3. The molecule has 5 aromatic rings. The average molecular weight is 800 g/mol. The number of carbonyl (C=O) groups excluding carboxylic acids is 1. The lowest BCUT2D eigenvalue weighted by atomic mass is 9.69. The lowest BCUT2D eigenvalue weighted by Gasteiger charge is -2.55. The number of hydrogen-bond donors (Lipinski definition) is 0. The van der Waals surface area contributed by atoms with Crippen LogP contribution in [0.2, 0.25) is 10.2 Å². The van der Waals surface area contributed by atoms with Crippen molar-refractivity contribution in [2.24, 2.45) is 5.92 Å². The van der Waals surface area contributed by atoms with Gasteiger partial charge in [-0.2, -0.15) is 31.4 Å². The van der Waals surface area contributed by atoms with Crippen molar-refractivity contribution < 1.29 is 35.6 Å². The minimum absolute atomic E-state index is 0.221. The van der Waals surface area contributed by atoms with Gasteiger partial charge >= 0.3 is 12.4 Å². The van der Waals surface area contributed by atoms with Crippen LogP contribution in [0.25, 0.3) is 5.65 Å². The molecule has 7 nitrogen and oxygen atoms in total. The molecule has 3 aromatic carbocycles. The Morgan fingerprint density at radius 2 is 1.51 bits per heavy atom. The molecule has 1 saturated carbocycles. The molecule has 0 bridgehead atoms. The number of amides is 1. The van der Waals surface area contributed by atoms with Crippen molar-refractivity contribution >= 4 is 53.2 Å². The fourth-order valence-electron chi connectivity index (χ4n) is 8.31. The Morgan fingerprint density at radius 1 is 0.927 bits per heavy atom. The van der Waals surface area contributed by atoms with Crippen LogP contribution in [-0.2, 0) is 15.6 Å². The summed E-state index contributed by atoms with van der Waals surface area (Å²) < 4.78 is 98.6. The van der Waals surface area contributed by atoms with E-state index in [1.54, 1.807) is 77.4 Å². The van der Waals surface area contributed by atoms with Crippen molar-refractivity contribution in [3.63, 3.8) is 0 Å². The minimum atomic E-state index is -4.92. The molecule has 290 valence electrons. The number of carbonyl (C=O) groups is 1. The highest BCUT2D eigenvalue weighted by atomic mass is 35.5. The largest absolute Gasteiger partial charge is 0.416 e. The molecular weight excluding hydrogens is 760 g/mol. The van der Waals surface area contributed by atoms with Crippen LogP contribution < -0.4 is 15.3 Å². The van der Waals surface area contributed by atoms with E-state index in [9.17, 15) is 18.0 Å². The zero-order valence-electron chi connectivity index (χ0n) is 30.6. The molecule has 1 atom stereocenters. The van der Waals surface area contributed by atoms with Gasteiger partial charge in [-0.3, -0.25) is 4.79 Å². The van der Waals surface area contributed by atoms with Gasteiger partial charge in [-0.05, 0) is 58.8 Å². The molecule has 1 amide bonds. The van der Waals surface area contributed by atoms with E-state index in [0.29, 0.717) is 39.6 Å². The first kappa shape index (κ1) is 38.9. The third-order valence-electron chi connectivity index (χ3n) is 11.0. The molecule has 2 aliphatic rings. The van der Waals surface area contributed by atoms with Gasteiger partial charge in [0.15, 0.2) is 22.4 Å². The Kier molecular flexibility index (Phi) is 9.86. The van der Waals surface area contributed by atoms with Crippen LogP contribution in [0.5, 0.6) is 0 Å². The van der Waals surface area contributed by atoms with Crippen molar-refractivity contribution in [2.45, 2.75) is 75.5 Å². The van der Waals surface area contributed by atoms with Gasteiger partial charge in [0.2, 0.25) is 5.91 Å². The number of rotatable bonds is 8. The van der Waals surface area contributed by atoms with Gasteiger partial charge in [0.1, 0.15) is 0 Å². The number of nitrogens with zero attached hydrogens (tertiary/aromatic N) is 5. The van der Waals surface area contributed by atoms with E-state index < -0.39 is 62.0 Å². The predicted molar refractivity (Wildman–Crippen MR) is 202 cm³/mol. The second-order valence-electron chi connectivity index (χ2n) is 15.4. The lowest BCUT2D eigenvalue weighted by Crippen LogP contribution is -2.74. The highest BCUT2D eigenvalue weighted by Crippen LogP contribution is 2.56. The van der Waals surface area contributed by atoms with Gasteiger partial charge in [-0.15, -0.1) is 0 Å². The molecule has 0 unspecified atom stereocenters. The fraction of sp³-hybridized carbons (Fsp3) is 0.375. The zero-order valence-corrected chi connectivity index (χ0v) is 32.4. The highest BCUT2D eigenvalue weighted by molar-refractivity contribution is 6.99. The molecule has 7 rings (SSSR count). The SMILES string of the molecule is CN(C(=O)C1CC(O[Si](c2ccccc2)(c2ccccc2)C(C)(C)C)(C(F)(F)F)C1)[C@@H](c1ccc(N2CCCc3c2cnc2cc(Cl)nn32)cc1)C(F)(F)F. The second kappa shape index (κ2) is 14.0. The van der Waals surface area contributed by atoms with E-state index in [1.165, 1.54) is 24.3 Å². The standard InChI is InChI=1S/C40H40ClF6N5O2Si/c1-37(2,3)55(29-12-7-5-8-13-29,30-14-9-6-10-15-30)54-38(40(45,46)47)23-27(24-38)36(53)50(4)35(39(42,43)44)26-17-19-28(20-18-26)51-21-11-16-31-32(51)25-48-34-22-33(41)49-52(31)34/h5-10,12-15,17-20,22,25,27,35H,11,16,21,23-24H2,1-4H3/t27?,35-,38?/m0/s1. The number of benzene rings is 3. The summed E-state index contributed by atoms with van der Waals surface area (Å²) in [4.78, 5) is 20.7. The van der Waals surface area contributed by atoms with Crippen molar-refractivity contribution in [1.29, 1.82) is 0 Å². The van der Waals surface area contributed by atoms with Crippen LogP contribution in [0.1, 0.15) is 57.3 Å². The van der Waals surface area contributed by atoms with Gasteiger partial charge in [-0.25, -0.2) is 9.50 Å². The summed E-state index contributed by atoms with van der Waals surface area (Å²) in [7, 11) is -2.76. The van der Waals surface area contributed by atoms with Crippen LogP contribution in [-0.4, -0.2) is 65.3 Å². The Bertz CT molecular complexity index is 2130. The number of fused-ring (bicyclic) bond motifs is 3. The van der Waals surface area contributed by atoms with E-state index in [2.05, 4.69) is 10.1 Å². The molecule has 0 N–H and O–H groups in total. The maximum Gasteiger partial charge on any atom is 0.416 e. The number of hydrogen-bond acceptors (Lipinski definition) is 5. The van der Waals surface area contributed by atoms with Gasteiger partial charge in [0.25, 0.3) is 8.32 Å². The highest BCUT2D eigenvalue weighted by Gasteiger charge is 2.69. The van der Waals surface area contributed by atoms with Gasteiger partial charge in [-0.1, -0.05) is 105 Å². The summed E-state index contributed by atoms with van der Waals surface area (Å²) in [5.41, 5.74) is -0.184. The van der Waals surface area contributed by atoms with Crippen LogP contribution in [0.3, 0.4) is 0 Å². The normalized spacial score (nSPS) is 19.8. The maximum absolute atomic E-state index is 15.3. The molecule has 15 heteroatoms. The second-order valence-corrected chi connectivity index (χ2v) is 20.0. The van der Waals surface area contributed by atoms with Crippen molar-refractivity contribution in [2.75, 3.05) is 18.5 Å². The van der Waals surface area contributed by atoms with Crippen molar-refractivity contribution in [3.05, 3.63) is 114 Å². The van der Waals surface area contributed by atoms with Crippen LogP contribution in [0.4, 0.5) is 37.7 Å². The van der Waals surface area contributed by atoms with Crippen molar-refractivity contribution in [3.8, 4) is 0 Å². The first-order valence-electron chi connectivity index (χ1n) is 18.0. The Balaban J connectivity index is 1.16. The Morgan fingerprint density at radius 3 is 2.04 bits per heavy atom. The molecule has 2 aromatic heterocycles. The number of halogens is 7. The molecule has 1 aliphatic carbocycles. The third kappa shape index (κ3) is 6.79. The summed E-state index contributed by atoms with van der Waals surface area (Å²) in [5, 5.41) is 5.04. The summed E-state index contributed by atoms with van der Waals surface area (Å²) in [5.74, 6) is -2.38. The number of aryl methyl sites for hydroxylation is 1. The quantitative estimate of drug-likeness (QED) is 0.116. The molecule has 0 spiro atoms. The number of anilines is 2. The summed E-state index contributed by atoms with van der Waals surface area (Å²) in [6.07, 6.45) is -8.31. The zero-order chi connectivity index (χ0) is 39.6. The molecular formula is C40H40ClF6N5O2Si. The Labute approximate surface area is 321 Å². The average Bonchev–Trinajstić information content (AvgIpc) is 3.51.